The predicted molar refractivity (Wildman–Crippen MR) is 166 cm³/mol. The van der Waals surface area contributed by atoms with Gasteiger partial charge < -0.3 is 14.7 Å². The lowest BCUT2D eigenvalue weighted by Gasteiger charge is -2.47. The monoisotopic (exact) mass is 659 g/mol. The van der Waals surface area contributed by atoms with E-state index in [4.69, 9.17) is 16.3 Å². The summed E-state index contributed by atoms with van der Waals surface area (Å²) in [5.41, 5.74) is 1.59. The number of hydrogen-bond acceptors (Lipinski definition) is 5. The van der Waals surface area contributed by atoms with Gasteiger partial charge in [0.05, 0.1) is 21.7 Å². The first-order valence-electron chi connectivity index (χ1n) is 15.4. The van der Waals surface area contributed by atoms with Gasteiger partial charge in [0, 0.05) is 18.0 Å². The molecule has 1 heterocycles. The highest BCUT2D eigenvalue weighted by Gasteiger charge is 2.64. The molecule has 3 atom stereocenters. The molecule has 0 aromatic heterocycles. The maximum absolute atomic E-state index is 15.0. The van der Waals surface area contributed by atoms with E-state index in [1.165, 1.54) is 30.4 Å². The molecule has 1 amide bonds. The highest BCUT2D eigenvalue weighted by atomic mass is 35.5. The van der Waals surface area contributed by atoms with E-state index in [2.05, 4.69) is 0 Å². The summed E-state index contributed by atoms with van der Waals surface area (Å²) in [4.78, 5) is 27.2. The number of aliphatic carboxylic acids is 1. The summed E-state index contributed by atoms with van der Waals surface area (Å²) in [6, 6.07) is 8.96. The second-order valence-corrected chi connectivity index (χ2v) is 15.9. The number of ether oxygens (including phenoxy) is 1. The van der Waals surface area contributed by atoms with Crippen molar-refractivity contribution in [2.45, 2.75) is 80.4 Å². The van der Waals surface area contributed by atoms with Crippen LogP contribution in [0.15, 0.2) is 60.5 Å². The number of hydrogen-bond donors (Lipinski definition) is 1. The van der Waals surface area contributed by atoms with E-state index in [1.54, 1.807) is 36.1 Å². The summed E-state index contributed by atoms with van der Waals surface area (Å²) < 4.78 is 61.4. The van der Waals surface area contributed by atoms with Crippen LogP contribution in [-0.2, 0) is 37.2 Å². The number of carbonyl (C=O) groups is 2. The van der Waals surface area contributed by atoms with Crippen LogP contribution >= 0.6 is 11.6 Å². The number of carboxylic acids is 1. The number of fused-ring (bicyclic) bond motifs is 3. The Morgan fingerprint density at radius 3 is 2.49 bits per heavy atom. The van der Waals surface area contributed by atoms with Crippen LogP contribution in [0.4, 0.5) is 8.78 Å². The van der Waals surface area contributed by atoms with Crippen molar-refractivity contribution in [2.75, 3.05) is 6.54 Å². The van der Waals surface area contributed by atoms with E-state index in [9.17, 15) is 31.9 Å². The second kappa shape index (κ2) is 11.8. The van der Waals surface area contributed by atoms with E-state index >= 15 is 0 Å². The van der Waals surface area contributed by atoms with Gasteiger partial charge in [-0.05, 0) is 106 Å². The number of likely N-dealkylation sites (tertiary alicyclic amines) is 1. The van der Waals surface area contributed by atoms with Crippen molar-refractivity contribution in [2.24, 2.45) is 11.8 Å². The Hall–Kier alpha value is -3.24. The van der Waals surface area contributed by atoms with Gasteiger partial charge in [-0.2, -0.15) is 0 Å². The van der Waals surface area contributed by atoms with Crippen molar-refractivity contribution >= 4 is 33.3 Å². The Kier molecular flexibility index (Phi) is 8.35. The van der Waals surface area contributed by atoms with Crippen molar-refractivity contribution in [1.82, 2.24) is 4.90 Å². The van der Waals surface area contributed by atoms with Gasteiger partial charge in [-0.15, -0.1) is 0 Å². The number of amides is 1. The summed E-state index contributed by atoms with van der Waals surface area (Å²) in [6.45, 7) is 1.74. The number of allylic oxidation sites excluding steroid dienone is 3. The van der Waals surface area contributed by atoms with Gasteiger partial charge in [-0.1, -0.05) is 29.8 Å². The van der Waals surface area contributed by atoms with Gasteiger partial charge in [0.1, 0.15) is 28.7 Å². The van der Waals surface area contributed by atoms with Gasteiger partial charge in [-0.25, -0.2) is 17.2 Å². The third kappa shape index (κ3) is 5.27. The van der Waals surface area contributed by atoms with Crippen molar-refractivity contribution in [3.05, 3.63) is 88.0 Å². The molecule has 0 radical (unpaired) electrons. The number of carboxylic acid groups (broad SMARTS) is 1. The van der Waals surface area contributed by atoms with Crippen LogP contribution in [-0.4, -0.2) is 47.6 Å². The van der Waals surface area contributed by atoms with Crippen molar-refractivity contribution < 1.29 is 36.6 Å². The van der Waals surface area contributed by atoms with Crippen LogP contribution < -0.4 is 4.74 Å². The van der Waals surface area contributed by atoms with Crippen molar-refractivity contribution in [3.63, 3.8) is 0 Å². The molecule has 0 bridgehead atoms. The maximum Gasteiger partial charge on any atom is 0.306 e. The number of sulfone groups is 1. The predicted octanol–water partition coefficient (Wildman–Crippen LogP) is 6.68. The SMILES string of the molecule is CC1(S(=O)(=O)[C@@]23CCN(C(=O)C4CCC(C(=O)O)CC4)[C@@H]2CCc2cc(OCc4c(F)cccc4Cl)ccc23)C=CC(F)=CC1. The standard InChI is InChI=1S/C34H36ClF2NO6S/c1-33(15-13-24(36)14-16-33)45(42,43)34-17-18-38(31(39)21-5-7-22(8-6-21)32(40)41)30(34)12-9-23-19-25(10-11-27(23)34)44-20-26-28(35)3-2-4-29(26)37/h2-4,10-11,13-15,19,21-22,30H,5-9,12,16-18,20H2,1H3,(H,40,41)/t21?,22?,30-,33?,34-/m1/s1. The fraction of sp³-hybridized carbons (Fsp3) is 0.471. The third-order valence-corrected chi connectivity index (χ3v) is 13.9. The smallest absolute Gasteiger partial charge is 0.306 e. The summed E-state index contributed by atoms with van der Waals surface area (Å²) in [5.74, 6) is -2.34. The number of carbonyl (C=O) groups excluding carboxylic acids is 1. The van der Waals surface area contributed by atoms with Crippen LogP contribution in [0.3, 0.4) is 0 Å². The molecule has 240 valence electrons. The molecule has 2 aromatic carbocycles. The lowest BCUT2D eigenvalue weighted by molar-refractivity contribution is -0.146. The minimum absolute atomic E-state index is 0.0286. The first-order valence-corrected chi connectivity index (χ1v) is 17.3. The molecule has 3 aliphatic carbocycles. The molecular formula is C34H36ClF2NO6S. The zero-order valence-electron chi connectivity index (χ0n) is 25.0. The maximum atomic E-state index is 15.0. The van der Waals surface area contributed by atoms with Crippen LogP contribution in [0.25, 0.3) is 0 Å². The molecule has 0 spiro atoms. The average Bonchev–Trinajstić information content (AvgIpc) is 3.43. The highest BCUT2D eigenvalue weighted by Crippen LogP contribution is 2.56. The molecule has 4 aliphatic rings. The number of benzene rings is 2. The summed E-state index contributed by atoms with van der Waals surface area (Å²) in [7, 11) is -4.09. The molecule has 1 saturated carbocycles. The first kappa shape index (κ1) is 31.7. The van der Waals surface area contributed by atoms with E-state index in [-0.39, 0.29) is 48.4 Å². The average molecular weight is 660 g/mol. The summed E-state index contributed by atoms with van der Waals surface area (Å²) in [6.07, 6.45) is 6.68. The van der Waals surface area contributed by atoms with Crippen LogP contribution in [0.2, 0.25) is 5.02 Å². The Morgan fingerprint density at radius 2 is 1.82 bits per heavy atom. The quantitative estimate of drug-likeness (QED) is 0.356. The zero-order valence-corrected chi connectivity index (χ0v) is 26.5. The fourth-order valence-electron chi connectivity index (χ4n) is 7.81. The first-order chi connectivity index (χ1) is 21.4. The second-order valence-electron chi connectivity index (χ2n) is 12.9. The number of aryl methyl sites for hydroxylation is 1. The highest BCUT2D eigenvalue weighted by molar-refractivity contribution is 7.94. The Balaban J connectivity index is 1.36. The van der Waals surface area contributed by atoms with E-state index in [1.807, 2.05) is 0 Å². The minimum Gasteiger partial charge on any atom is -0.489 e. The van der Waals surface area contributed by atoms with Crippen LogP contribution in [0, 0.1) is 17.7 Å². The molecule has 11 heteroatoms. The molecular weight excluding hydrogens is 624 g/mol. The number of rotatable bonds is 7. The van der Waals surface area contributed by atoms with Gasteiger partial charge in [-0.3, -0.25) is 9.59 Å². The van der Waals surface area contributed by atoms with Gasteiger partial charge in [0.2, 0.25) is 5.91 Å². The topological polar surface area (TPSA) is 101 Å². The molecule has 1 N–H and O–H groups in total. The van der Waals surface area contributed by atoms with E-state index < -0.39 is 48.9 Å². The lowest BCUT2D eigenvalue weighted by atomic mass is 9.77. The normalized spacial score (nSPS) is 29.5. The molecule has 7 nitrogen and oxygen atoms in total. The van der Waals surface area contributed by atoms with Crippen LogP contribution in [0.5, 0.6) is 5.75 Å². The summed E-state index contributed by atoms with van der Waals surface area (Å²) in [5, 5.41) is 9.66. The molecule has 45 heavy (non-hydrogen) atoms. The molecule has 1 aliphatic heterocycles. The Labute approximate surface area is 266 Å². The van der Waals surface area contributed by atoms with Gasteiger partial charge in [0.25, 0.3) is 0 Å². The Morgan fingerprint density at radius 1 is 1.09 bits per heavy atom. The van der Waals surface area contributed by atoms with Crippen LogP contribution in [0.1, 0.15) is 68.6 Å². The van der Waals surface area contributed by atoms with Crippen molar-refractivity contribution in [1.29, 1.82) is 0 Å². The lowest BCUT2D eigenvalue weighted by Crippen LogP contribution is -2.57. The largest absolute Gasteiger partial charge is 0.489 e. The molecule has 2 fully saturated rings. The third-order valence-electron chi connectivity index (χ3n) is 10.4. The molecule has 1 saturated heterocycles. The number of halogens is 3. The van der Waals surface area contributed by atoms with E-state index in [0.29, 0.717) is 49.8 Å². The zero-order chi connectivity index (χ0) is 32.1. The molecule has 1 unspecified atom stereocenters. The number of nitrogens with zero attached hydrogens (tertiary/aromatic N) is 1. The molecule has 2 aromatic rings. The fourth-order valence-corrected chi connectivity index (χ4v) is 10.9. The Bertz CT molecular complexity index is 1680. The summed E-state index contributed by atoms with van der Waals surface area (Å²) >= 11 is 6.17. The van der Waals surface area contributed by atoms with E-state index in [0.717, 1.165) is 5.56 Å². The van der Waals surface area contributed by atoms with Crippen molar-refractivity contribution in [3.8, 4) is 5.75 Å². The van der Waals surface area contributed by atoms with Gasteiger partial charge >= 0.3 is 5.97 Å². The molecule has 6 rings (SSSR count). The van der Waals surface area contributed by atoms with Gasteiger partial charge in [0.15, 0.2) is 9.84 Å². The minimum atomic E-state index is -4.09.